The lowest BCUT2D eigenvalue weighted by Crippen LogP contribution is -2.27. The Morgan fingerprint density at radius 1 is 1.22 bits per heavy atom. The van der Waals surface area contributed by atoms with Gasteiger partial charge in [0.2, 0.25) is 0 Å². The quantitative estimate of drug-likeness (QED) is 0.483. The molecule has 0 N–H and O–H groups in total. The number of ether oxygens (including phenoxy) is 1. The van der Waals surface area contributed by atoms with Gasteiger partial charge in [-0.3, -0.25) is 0 Å². The molecule has 0 atom stereocenters. The van der Waals surface area contributed by atoms with Gasteiger partial charge in [-0.05, 0) is 42.1 Å². The fourth-order valence-corrected chi connectivity index (χ4v) is 2.20. The maximum atomic E-state index is 11.5. The molecule has 0 spiro atoms. The zero-order chi connectivity index (χ0) is 13.0. The molecule has 0 radical (unpaired) electrons. The molecule has 18 heavy (non-hydrogen) atoms. The van der Waals surface area contributed by atoms with Crippen LogP contribution in [0.25, 0.3) is 0 Å². The smallest absolute Gasteiger partial charge is 0.337 e. The minimum Gasteiger partial charge on any atom is -0.618 e. The van der Waals surface area contributed by atoms with E-state index >= 15 is 0 Å². The Morgan fingerprint density at radius 3 is 2.56 bits per heavy atom. The molecule has 0 aliphatic rings. The molecule has 2 aromatic rings. The van der Waals surface area contributed by atoms with Crippen LogP contribution in [-0.2, 0) is 4.74 Å². The number of hydrogen-bond acceptors (Lipinski definition) is 4. The summed E-state index contributed by atoms with van der Waals surface area (Å²) in [5, 5.41) is 12.1. The first kappa shape index (κ1) is 12.4. The molecule has 0 aliphatic heterocycles. The number of carbonyl (C=O) groups excluding carboxylic acids is 1. The summed E-state index contributed by atoms with van der Waals surface area (Å²) in [7, 11) is 1.34. The Balaban J connectivity index is 2.16. The molecular weight excluding hydrogens is 250 g/mol. The number of benzene rings is 1. The summed E-state index contributed by atoms with van der Waals surface area (Å²) in [6.07, 6.45) is 1.45. The molecule has 0 aliphatic carbocycles. The first-order valence-electron chi connectivity index (χ1n) is 5.25. The SMILES string of the molecule is COC(=O)c1ccc(Sc2cccc[n+]2[O-])cc1. The fraction of sp³-hybridized carbons (Fsp3) is 0.0769. The minimum atomic E-state index is -0.370. The third-order valence-corrected chi connectivity index (χ3v) is 3.32. The standard InChI is InChI=1S/C13H11NO3S/c1-17-13(15)10-5-7-11(8-6-10)18-12-4-2-3-9-14(12)16/h2-9H,1H3. The van der Waals surface area contributed by atoms with E-state index in [1.165, 1.54) is 25.1 Å². The molecule has 4 nitrogen and oxygen atoms in total. The van der Waals surface area contributed by atoms with Gasteiger partial charge < -0.3 is 9.94 Å². The van der Waals surface area contributed by atoms with Crippen molar-refractivity contribution < 1.29 is 14.3 Å². The van der Waals surface area contributed by atoms with E-state index in [0.29, 0.717) is 10.6 Å². The summed E-state index contributed by atoms with van der Waals surface area (Å²) in [6, 6.07) is 12.1. The maximum Gasteiger partial charge on any atom is 0.337 e. The normalized spacial score (nSPS) is 10.1. The molecule has 0 fully saturated rings. The van der Waals surface area contributed by atoms with Crippen molar-refractivity contribution in [1.82, 2.24) is 0 Å². The van der Waals surface area contributed by atoms with Crippen molar-refractivity contribution >= 4 is 17.7 Å². The molecule has 92 valence electrons. The van der Waals surface area contributed by atoms with Crippen molar-refractivity contribution in [1.29, 1.82) is 0 Å². The summed E-state index contributed by atoms with van der Waals surface area (Å²) in [6.45, 7) is 0. The fourth-order valence-electron chi connectivity index (χ4n) is 1.39. The number of carbonyl (C=O) groups is 1. The maximum absolute atomic E-state index is 11.5. The van der Waals surface area contributed by atoms with E-state index in [9.17, 15) is 10.0 Å². The monoisotopic (exact) mass is 261 g/mol. The van der Waals surface area contributed by atoms with Gasteiger partial charge in [0, 0.05) is 17.0 Å². The summed E-state index contributed by atoms with van der Waals surface area (Å²) in [5.41, 5.74) is 0.491. The van der Waals surface area contributed by atoms with E-state index in [0.717, 1.165) is 9.63 Å². The van der Waals surface area contributed by atoms with Crippen molar-refractivity contribution in [3.8, 4) is 0 Å². The lowest BCUT2D eigenvalue weighted by atomic mass is 10.2. The van der Waals surface area contributed by atoms with Crippen LogP contribution in [0, 0.1) is 5.21 Å². The molecule has 0 saturated heterocycles. The number of esters is 1. The molecule has 1 aromatic heterocycles. The van der Waals surface area contributed by atoms with Gasteiger partial charge in [0.1, 0.15) is 0 Å². The first-order chi connectivity index (χ1) is 8.70. The average molecular weight is 261 g/mol. The number of pyridine rings is 1. The predicted molar refractivity (Wildman–Crippen MR) is 67.3 cm³/mol. The molecule has 1 heterocycles. The van der Waals surface area contributed by atoms with Gasteiger partial charge in [0.25, 0.3) is 5.03 Å². The van der Waals surface area contributed by atoms with Gasteiger partial charge in [0.05, 0.1) is 12.7 Å². The summed E-state index contributed by atoms with van der Waals surface area (Å²) in [4.78, 5) is 12.1. The largest absolute Gasteiger partial charge is 0.618 e. The van der Waals surface area contributed by atoms with Crippen LogP contribution in [0.5, 0.6) is 0 Å². The van der Waals surface area contributed by atoms with Gasteiger partial charge in [-0.2, -0.15) is 4.73 Å². The highest BCUT2D eigenvalue weighted by Gasteiger charge is 2.08. The minimum absolute atomic E-state index is 0.370. The van der Waals surface area contributed by atoms with Gasteiger partial charge >= 0.3 is 5.97 Å². The molecule has 1 aromatic carbocycles. The van der Waals surface area contributed by atoms with E-state index in [1.54, 1.807) is 42.5 Å². The summed E-state index contributed by atoms with van der Waals surface area (Å²) in [5.74, 6) is -0.370. The van der Waals surface area contributed by atoms with Crippen LogP contribution < -0.4 is 4.73 Å². The van der Waals surface area contributed by atoms with Gasteiger partial charge in [-0.1, -0.05) is 0 Å². The lowest BCUT2D eigenvalue weighted by Gasteiger charge is -2.04. The third-order valence-electron chi connectivity index (χ3n) is 2.29. The van der Waals surface area contributed by atoms with Crippen LogP contribution in [0.15, 0.2) is 58.6 Å². The lowest BCUT2D eigenvalue weighted by molar-refractivity contribution is -0.645. The Morgan fingerprint density at radius 2 is 1.94 bits per heavy atom. The van der Waals surface area contributed by atoms with Crippen LogP contribution in [0.1, 0.15) is 10.4 Å². The molecule has 0 amide bonds. The molecule has 0 unspecified atom stereocenters. The highest BCUT2D eigenvalue weighted by molar-refractivity contribution is 7.99. The van der Waals surface area contributed by atoms with Gasteiger partial charge in [-0.15, -0.1) is 0 Å². The highest BCUT2D eigenvalue weighted by atomic mass is 32.2. The van der Waals surface area contributed by atoms with E-state index in [1.807, 2.05) is 0 Å². The van der Waals surface area contributed by atoms with Crippen molar-refractivity contribution in [2.45, 2.75) is 9.92 Å². The van der Waals surface area contributed by atoms with E-state index < -0.39 is 0 Å². The van der Waals surface area contributed by atoms with Crippen molar-refractivity contribution in [3.63, 3.8) is 0 Å². The van der Waals surface area contributed by atoms with Crippen molar-refractivity contribution in [2.24, 2.45) is 0 Å². The number of aromatic nitrogens is 1. The Labute approximate surface area is 109 Å². The first-order valence-corrected chi connectivity index (χ1v) is 6.07. The Hall–Kier alpha value is -2.01. The van der Waals surface area contributed by atoms with Crippen LogP contribution in [0.4, 0.5) is 0 Å². The number of rotatable bonds is 3. The van der Waals surface area contributed by atoms with Crippen LogP contribution in [0.3, 0.4) is 0 Å². The second-order valence-corrected chi connectivity index (χ2v) is 4.58. The second-order valence-electron chi connectivity index (χ2n) is 3.48. The van der Waals surface area contributed by atoms with Crippen molar-refractivity contribution in [3.05, 3.63) is 59.4 Å². The molecule has 5 heteroatoms. The molecule has 2 rings (SSSR count). The van der Waals surface area contributed by atoms with Crippen LogP contribution in [0.2, 0.25) is 0 Å². The zero-order valence-electron chi connectivity index (χ0n) is 9.70. The Kier molecular flexibility index (Phi) is 3.84. The van der Waals surface area contributed by atoms with Gasteiger partial charge in [-0.25, -0.2) is 4.79 Å². The van der Waals surface area contributed by atoms with Gasteiger partial charge in [0.15, 0.2) is 6.20 Å². The Bertz CT molecular complexity index is 554. The zero-order valence-corrected chi connectivity index (χ0v) is 10.5. The molecule has 0 saturated carbocycles. The van der Waals surface area contributed by atoms with Crippen LogP contribution in [-0.4, -0.2) is 13.1 Å². The topological polar surface area (TPSA) is 53.2 Å². The van der Waals surface area contributed by atoms with Crippen LogP contribution >= 0.6 is 11.8 Å². The third kappa shape index (κ3) is 2.81. The summed E-state index contributed by atoms with van der Waals surface area (Å²) < 4.78 is 5.42. The second kappa shape index (κ2) is 5.55. The van der Waals surface area contributed by atoms with Crippen molar-refractivity contribution in [2.75, 3.05) is 7.11 Å². The van der Waals surface area contributed by atoms with E-state index in [-0.39, 0.29) is 5.97 Å². The molecular formula is C13H11NO3S. The highest BCUT2D eigenvalue weighted by Crippen LogP contribution is 2.24. The number of nitrogens with zero attached hydrogens (tertiary/aromatic N) is 1. The van der Waals surface area contributed by atoms with E-state index in [4.69, 9.17) is 0 Å². The average Bonchev–Trinajstić information content (AvgIpc) is 2.41. The summed E-state index contributed by atoms with van der Waals surface area (Å²) >= 11 is 1.34. The number of hydrogen-bond donors (Lipinski definition) is 0. The molecule has 0 bridgehead atoms. The van der Waals surface area contributed by atoms with E-state index in [2.05, 4.69) is 4.74 Å². The predicted octanol–water partition coefficient (Wildman–Crippen LogP) is 2.26. The number of methoxy groups -OCH3 is 1.